The lowest BCUT2D eigenvalue weighted by molar-refractivity contribution is 0.0702. The van der Waals surface area contributed by atoms with Crippen LogP contribution in [0.1, 0.15) is 15.2 Å². The summed E-state index contributed by atoms with van der Waals surface area (Å²) in [7, 11) is 0. The van der Waals surface area contributed by atoms with Gasteiger partial charge in [-0.2, -0.15) is 0 Å². The standard InChI is InChI=1S/C12H6F2O2S2/c13-5-1-6-7(8(14)2-5)4-17-9-3-10(12(15)16)18-11(6)9/h1-3H,4H2,(H,15,16). The second-order valence-corrected chi connectivity index (χ2v) is 5.88. The van der Waals surface area contributed by atoms with Crippen molar-refractivity contribution in [2.24, 2.45) is 0 Å². The Morgan fingerprint density at radius 1 is 1.28 bits per heavy atom. The van der Waals surface area contributed by atoms with E-state index in [1.807, 2.05) is 0 Å². The second kappa shape index (κ2) is 4.07. The number of carbonyl (C=O) groups is 1. The maximum absolute atomic E-state index is 13.6. The van der Waals surface area contributed by atoms with Gasteiger partial charge >= 0.3 is 5.97 Å². The summed E-state index contributed by atoms with van der Waals surface area (Å²) in [6, 6.07) is 3.67. The van der Waals surface area contributed by atoms with Crippen molar-refractivity contribution < 1.29 is 18.7 Å². The average Bonchev–Trinajstić information content (AvgIpc) is 2.72. The second-order valence-electron chi connectivity index (χ2n) is 3.81. The lowest BCUT2D eigenvalue weighted by atomic mass is 10.1. The van der Waals surface area contributed by atoms with Crippen LogP contribution in [0.2, 0.25) is 0 Å². The van der Waals surface area contributed by atoms with Crippen molar-refractivity contribution in [3.05, 3.63) is 40.3 Å². The normalized spacial score (nSPS) is 13.0. The third-order valence-electron chi connectivity index (χ3n) is 2.69. The van der Waals surface area contributed by atoms with Gasteiger partial charge in [0.05, 0.1) is 0 Å². The molecule has 0 amide bonds. The Balaban J connectivity index is 2.24. The van der Waals surface area contributed by atoms with Gasteiger partial charge in [0.1, 0.15) is 16.5 Å². The minimum absolute atomic E-state index is 0.185. The Kier molecular flexibility index (Phi) is 2.64. The molecule has 0 radical (unpaired) electrons. The first-order valence-electron chi connectivity index (χ1n) is 5.04. The Morgan fingerprint density at radius 2 is 2.06 bits per heavy atom. The Bertz CT molecular complexity index is 664. The SMILES string of the molecule is O=C(O)c1cc2c(s1)-c1cc(F)cc(F)c1CS2. The predicted molar refractivity (Wildman–Crippen MR) is 66.2 cm³/mol. The van der Waals surface area contributed by atoms with E-state index in [1.54, 1.807) is 6.07 Å². The van der Waals surface area contributed by atoms with Gasteiger partial charge in [-0.15, -0.1) is 23.1 Å². The molecule has 1 N–H and O–H groups in total. The van der Waals surface area contributed by atoms with Gasteiger partial charge in [-0.1, -0.05) is 0 Å². The Labute approximate surface area is 109 Å². The number of fused-ring (bicyclic) bond motifs is 3. The highest BCUT2D eigenvalue weighted by molar-refractivity contribution is 7.99. The van der Waals surface area contributed by atoms with Crippen LogP contribution in [0.15, 0.2) is 23.1 Å². The molecule has 1 aromatic carbocycles. The molecule has 6 heteroatoms. The molecule has 0 saturated heterocycles. The number of carboxylic acid groups (broad SMARTS) is 1. The topological polar surface area (TPSA) is 37.3 Å². The lowest BCUT2D eigenvalue weighted by Gasteiger charge is -2.16. The zero-order valence-electron chi connectivity index (χ0n) is 8.87. The summed E-state index contributed by atoms with van der Waals surface area (Å²) in [5.41, 5.74) is 0.909. The maximum Gasteiger partial charge on any atom is 0.345 e. The van der Waals surface area contributed by atoms with Crippen molar-refractivity contribution in [1.29, 1.82) is 0 Å². The highest BCUT2D eigenvalue weighted by Gasteiger charge is 2.24. The van der Waals surface area contributed by atoms with Crippen LogP contribution < -0.4 is 0 Å². The van der Waals surface area contributed by atoms with E-state index in [0.29, 0.717) is 21.8 Å². The lowest BCUT2D eigenvalue weighted by Crippen LogP contribution is -1.98. The fourth-order valence-electron chi connectivity index (χ4n) is 1.88. The molecule has 18 heavy (non-hydrogen) atoms. The van der Waals surface area contributed by atoms with E-state index in [9.17, 15) is 13.6 Å². The smallest absolute Gasteiger partial charge is 0.345 e. The number of benzene rings is 1. The molecule has 92 valence electrons. The van der Waals surface area contributed by atoms with Crippen molar-refractivity contribution in [1.82, 2.24) is 0 Å². The van der Waals surface area contributed by atoms with Gasteiger partial charge in [0.15, 0.2) is 0 Å². The van der Waals surface area contributed by atoms with Crippen molar-refractivity contribution >= 4 is 29.1 Å². The van der Waals surface area contributed by atoms with E-state index < -0.39 is 17.6 Å². The summed E-state index contributed by atoms with van der Waals surface area (Å²) in [4.78, 5) is 12.5. The molecule has 2 aromatic rings. The van der Waals surface area contributed by atoms with E-state index in [0.717, 1.165) is 22.3 Å². The Morgan fingerprint density at radius 3 is 2.78 bits per heavy atom. The number of halogens is 2. The molecular weight excluding hydrogens is 278 g/mol. The van der Waals surface area contributed by atoms with E-state index in [1.165, 1.54) is 17.8 Å². The number of hydrogen-bond donors (Lipinski definition) is 1. The molecular formula is C12H6F2O2S2. The molecule has 3 rings (SSSR count). The molecule has 0 bridgehead atoms. The summed E-state index contributed by atoms with van der Waals surface area (Å²) in [5.74, 6) is -1.85. The van der Waals surface area contributed by atoms with Gasteiger partial charge in [0.25, 0.3) is 0 Å². The molecule has 0 fully saturated rings. The number of thioether (sulfide) groups is 1. The van der Waals surface area contributed by atoms with Crippen molar-refractivity contribution in [3.8, 4) is 10.4 Å². The van der Waals surface area contributed by atoms with Gasteiger partial charge in [-0.25, -0.2) is 13.6 Å². The third-order valence-corrected chi connectivity index (χ3v) is 5.04. The summed E-state index contributed by atoms with van der Waals surface area (Å²) in [5, 5.41) is 8.94. The number of hydrogen-bond acceptors (Lipinski definition) is 3. The van der Waals surface area contributed by atoms with E-state index in [4.69, 9.17) is 5.11 Å². The van der Waals surface area contributed by atoms with Gasteiger partial charge < -0.3 is 5.11 Å². The predicted octanol–water partition coefficient (Wildman–Crippen LogP) is 4.00. The first kappa shape index (κ1) is 11.7. The summed E-state index contributed by atoms with van der Waals surface area (Å²) in [6.45, 7) is 0. The van der Waals surface area contributed by atoms with Crippen molar-refractivity contribution in [2.45, 2.75) is 10.6 Å². The van der Waals surface area contributed by atoms with Crippen LogP contribution in [0.25, 0.3) is 10.4 Å². The van der Waals surface area contributed by atoms with Crippen LogP contribution in [-0.2, 0) is 5.75 Å². The monoisotopic (exact) mass is 284 g/mol. The van der Waals surface area contributed by atoms with Crippen molar-refractivity contribution in [2.75, 3.05) is 0 Å². The highest BCUT2D eigenvalue weighted by Crippen LogP contribution is 2.47. The molecule has 2 heterocycles. The first-order valence-corrected chi connectivity index (χ1v) is 6.84. The van der Waals surface area contributed by atoms with Crippen LogP contribution >= 0.6 is 23.1 Å². The number of carboxylic acids is 1. The molecule has 1 aliphatic rings. The van der Waals surface area contributed by atoms with Crippen LogP contribution in [0.4, 0.5) is 8.78 Å². The third kappa shape index (κ3) is 1.72. The molecule has 0 aliphatic carbocycles. The van der Waals surface area contributed by atoms with Gasteiger partial charge in [-0.3, -0.25) is 0 Å². The fraction of sp³-hybridized carbons (Fsp3) is 0.0833. The van der Waals surface area contributed by atoms with E-state index >= 15 is 0 Å². The molecule has 2 nitrogen and oxygen atoms in total. The molecule has 1 aromatic heterocycles. The minimum Gasteiger partial charge on any atom is -0.477 e. The average molecular weight is 284 g/mol. The van der Waals surface area contributed by atoms with Gasteiger partial charge in [-0.05, 0) is 12.1 Å². The summed E-state index contributed by atoms with van der Waals surface area (Å²) in [6.07, 6.45) is 0. The van der Waals surface area contributed by atoms with Gasteiger partial charge in [0.2, 0.25) is 0 Å². The number of thiophene rings is 1. The first-order chi connectivity index (χ1) is 8.56. The fourth-order valence-corrected chi connectivity index (χ4v) is 4.22. The van der Waals surface area contributed by atoms with Crippen LogP contribution in [0.3, 0.4) is 0 Å². The largest absolute Gasteiger partial charge is 0.477 e. The summed E-state index contributed by atoms with van der Waals surface area (Å²) >= 11 is 2.42. The van der Waals surface area contributed by atoms with E-state index in [-0.39, 0.29) is 4.88 Å². The van der Waals surface area contributed by atoms with Crippen LogP contribution in [-0.4, -0.2) is 11.1 Å². The molecule has 0 saturated carbocycles. The highest BCUT2D eigenvalue weighted by atomic mass is 32.2. The maximum atomic E-state index is 13.6. The minimum atomic E-state index is -1.02. The van der Waals surface area contributed by atoms with Crippen LogP contribution in [0, 0.1) is 11.6 Å². The summed E-state index contributed by atoms with van der Waals surface area (Å²) < 4.78 is 26.9. The number of rotatable bonds is 1. The molecule has 0 spiro atoms. The van der Waals surface area contributed by atoms with Crippen molar-refractivity contribution in [3.63, 3.8) is 0 Å². The zero-order chi connectivity index (χ0) is 12.9. The molecule has 0 unspecified atom stereocenters. The molecule has 1 aliphatic heterocycles. The van der Waals surface area contributed by atoms with Crippen LogP contribution in [0.5, 0.6) is 0 Å². The quantitative estimate of drug-likeness (QED) is 0.860. The van der Waals surface area contributed by atoms with Gasteiger partial charge in [0, 0.05) is 32.7 Å². The number of aromatic carboxylic acids is 1. The molecule has 0 atom stereocenters. The Hall–Kier alpha value is -1.40. The van der Waals surface area contributed by atoms with E-state index in [2.05, 4.69) is 0 Å². The zero-order valence-corrected chi connectivity index (χ0v) is 10.5.